The molecule has 18 heavy (non-hydrogen) atoms. The molecule has 0 aromatic carbocycles. The highest BCUT2D eigenvalue weighted by molar-refractivity contribution is 7.11. The Bertz CT molecular complexity index is 393. The lowest BCUT2D eigenvalue weighted by atomic mass is 10.2. The lowest BCUT2D eigenvalue weighted by Gasteiger charge is -2.14. The van der Waals surface area contributed by atoms with E-state index in [0.29, 0.717) is 6.42 Å². The maximum absolute atomic E-state index is 12.8. The predicted octanol–water partition coefficient (Wildman–Crippen LogP) is 2.09. The molecule has 0 aliphatic heterocycles. The van der Waals surface area contributed by atoms with Crippen LogP contribution < -0.4 is 11.1 Å². The van der Waals surface area contributed by atoms with Crippen molar-refractivity contribution in [3.63, 3.8) is 0 Å². The van der Waals surface area contributed by atoms with Crippen LogP contribution in [0, 0.1) is 6.92 Å². The molecule has 0 aliphatic rings. The number of amides is 1. The summed E-state index contributed by atoms with van der Waals surface area (Å²) < 4.78 is 25.5. The summed E-state index contributed by atoms with van der Waals surface area (Å²) in [5.41, 5.74) is 4.87. The monoisotopic (exact) mass is 276 g/mol. The number of aryl methyl sites for hydroxylation is 2. The fourth-order valence-electron chi connectivity index (χ4n) is 1.43. The molecule has 0 saturated carbocycles. The highest BCUT2D eigenvalue weighted by atomic mass is 32.1. The molecule has 102 valence electrons. The van der Waals surface area contributed by atoms with Crippen LogP contribution in [0.25, 0.3) is 0 Å². The van der Waals surface area contributed by atoms with E-state index >= 15 is 0 Å². The normalized spacial score (nSPS) is 11.6. The Morgan fingerprint density at radius 1 is 1.50 bits per heavy atom. The zero-order valence-electron chi connectivity index (χ0n) is 10.3. The number of carbonyl (C=O) groups excluding carboxylic acids is 1. The Balaban J connectivity index is 2.18. The van der Waals surface area contributed by atoms with Crippen molar-refractivity contribution < 1.29 is 13.6 Å². The van der Waals surface area contributed by atoms with Crippen LogP contribution in [0.2, 0.25) is 0 Å². The SMILES string of the molecule is Cc1ccc(CCCC(=O)NCC(F)(F)CN)s1. The maximum atomic E-state index is 12.8. The van der Waals surface area contributed by atoms with E-state index in [1.807, 2.05) is 19.1 Å². The van der Waals surface area contributed by atoms with E-state index in [1.165, 1.54) is 9.75 Å². The van der Waals surface area contributed by atoms with Gasteiger partial charge in [-0.1, -0.05) is 0 Å². The Morgan fingerprint density at radius 3 is 2.78 bits per heavy atom. The first-order valence-electron chi connectivity index (χ1n) is 5.83. The van der Waals surface area contributed by atoms with Crippen LogP contribution in [0.15, 0.2) is 12.1 Å². The Labute approximate surface area is 109 Å². The fraction of sp³-hybridized carbons (Fsp3) is 0.583. The zero-order valence-corrected chi connectivity index (χ0v) is 11.2. The molecule has 1 aromatic heterocycles. The van der Waals surface area contributed by atoms with Gasteiger partial charge in [-0.3, -0.25) is 4.79 Å². The number of nitrogens with two attached hydrogens (primary N) is 1. The summed E-state index contributed by atoms with van der Waals surface area (Å²) in [5, 5.41) is 2.20. The Hall–Kier alpha value is -1.01. The van der Waals surface area contributed by atoms with Crippen molar-refractivity contribution in [3.05, 3.63) is 21.9 Å². The molecule has 0 saturated heterocycles. The Kier molecular flexibility index (Phi) is 5.68. The summed E-state index contributed by atoms with van der Waals surface area (Å²) in [5.74, 6) is -3.36. The average molecular weight is 276 g/mol. The van der Waals surface area contributed by atoms with E-state index in [9.17, 15) is 13.6 Å². The third kappa shape index (κ3) is 5.55. The molecule has 3 N–H and O–H groups in total. The van der Waals surface area contributed by atoms with E-state index in [2.05, 4.69) is 5.32 Å². The number of nitrogens with one attached hydrogen (secondary N) is 1. The molecule has 1 aromatic rings. The number of halogens is 2. The summed E-state index contributed by atoms with van der Waals surface area (Å²) in [4.78, 5) is 13.8. The van der Waals surface area contributed by atoms with Gasteiger partial charge in [-0.2, -0.15) is 0 Å². The highest BCUT2D eigenvalue weighted by Gasteiger charge is 2.26. The maximum Gasteiger partial charge on any atom is 0.277 e. The second kappa shape index (κ2) is 6.80. The number of hydrogen-bond donors (Lipinski definition) is 2. The van der Waals surface area contributed by atoms with Crippen LogP contribution in [0.1, 0.15) is 22.6 Å². The van der Waals surface area contributed by atoms with Crippen molar-refractivity contribution in [1.82, 2.24) is 5.32 Å². The zero-order chi connectivity index (χ0) is 13.6. The predicted molar refractivity (Wildman–Crippen MR) is 69.0 cm³/mol. The number of carbonyl (C=O) groups is 1. The van der Waals surface area contributed by atoms with Gasteiger partial charge in [0, 0.05) is 16.2 Å². The van der Waals surface area contributed by atoms with Gasteiger partial charge in [0.05, 0.1) is 13.1 Å². The first-order valence-corrected chi connectivity index (χ1v) is 6.64. The van der Waals surface area contributed by atoms with Crippen LogP contribution >= 0.6 is 11.3 Å². The largest absolute Gasteiger partial charge is 0.350 e. The van der Waals surface area contributed by atoms with Gasteiger partial charge in [-0.25, -0.2) is 8.78 Å². The molecule has 1 heterocycles. The van der Waals surface area contributed by atoms with Crippen LogP contribution in [0.5, 0.6) is 0 Å². The third-order valence-electron chi connectivity index (χ3n) is 2.47. The van der Waals surface area contributed by atoms with Gasteiger partial charge in [0.25, 0.3) is 5.92 Å². The van der Waals surface area contributed by atoms with E-state index in [0.717, 1.165) is 6.42 Å². The van der Waals surface area contributed by atoms with Gasteiger partial charge in [0.15, 0.2) is 0 Å². The lowest BCUT2D eigenvalue weighted by molar-refractivity contribution is -0.122. The van der Waals surface area contributed by atoms with Crippen molar-refractivity contribution in [2.24, 2.45) is 5.73 Å². The van der Waals surface area contributed by atoms with Crippen LogP contribution in [-0.2, 0) is 11.2 Å². The second-order valence-corrected chi connectivity index (χ2v) is 5.58. The number of alkyl halides is 2. The molecule has 6 heteroatoms. The molecule has 0 spiro atoms. The first kappa shape index (κ1) is 15.0. The summed E-state index contributed by atoms with van der Waals surface area (Å²) in [6, 6.07) is 4.06. The van der Waals surface area contributed by atoms with Gasteiger partial charge in [0.1, 0.15) is 0 Å². The summed E-state index contributed by atoms with van der Waals surface area (Å²) >= 11 is 1.69. The minimum Gasteiger partial charge on any atom is -0.350 e. The third-order valence-corrected chi connectivity index (χ3v) is 3.53. The standard InChI is InChI=1S/C12H18F2N2OS/c1-9-5-6-10(18-9)3-2-4-11(17)16-8-12(13,14)7-15/h5-6H,2-4,7-8,15H2,1H3,(H,16,17). The summed E-state index contributed by atoms with van der Waals surface area (Å²) in [7, 11) is 0. The minimum absolute atomic E-state index is 0.262. The van der Waals surface area contributed by atoms with Gasteiger partial charge in [-0.05, 0) is 31.9 Å². The number of thiophene rings is 1. The number of hydrogen-bond acceptors (Lipinski definition) is 3. The van der Waals surface area contributed by atoms with Crippen molar-refractivity contribution in [1.29, 1.82) is 0 Å². The lowest BCUT2D eigenvalue weighted by Crippen LogP contribution is -2.41. The first-order chi connectivity index (χ1) is 8.43. The number of rotatable bonds is 7. The van der Waals surface area contributed by atoms with Crippen LogP contribution in [0.4, 0.5) is 8.78 Å². The van der Waals surface area contributed by atoms with E-state index in [-0.39, 0.29) is 12.3 Å². The average Bonchev–Trinajstić information content (AvgIpc) is 2.73. The van der Waals surface area contributed by atoms with Gasteiger partial charge in [0.2, 0.25) is 5.91 Å². The molecule has 1 rings (SSSR count). The van der Waals surface area contributed by atoms with Crippen molar-refractivity contribution >= 4 is 17.2 Å². The smallest absolute Gasteiger partial charge is 0.277 e. The molecule has 0 unspecified atom stereocenters. The molecular weight excluding hydrogens is 258 g/mol. The molecule has 0 bridgehead atoms. The quantitative estimate of drug-likeness (QED) is 0.801. The summed E-state index contributed by atoms with van der Waals surface area (Å²) in [6.07, 6.45) is 1.73. The van der Waals surface area contributed by atoms with Crippen LogP contribution in [-0.4, -0.2) is 24.9 Å². The van der Waals surface area contributed by atoms with Crippen molar-refractivity contribution in [2.75, 3.05) is 13.1 Å². The van der Waals surface area contributed by atoms with E-state index < -0.39 is 19.0 Å². The molecular formula is C12H18F2N2OS. The second-order valence-electron chi connectivity index (χ2n) is 4.20. The molecule has 0 atom stereocenters. The minimum atomic E-state index is -3.01. The summed E-state index contributed by atoms with van der Waals surface area (Å²) in [6.45, 7) is 0.595. The fourth-order valence-corrected chi connectivity index (χ4v) is 2.36. The molecule has 0 fully saturated rings. The van der Waals surface area contributed by atoms with Crippen LogP contribution in [0.3, 0.4) is 0 Å². The topological polar surface area (TPSA) is 55.1 Å². The van der Waals surface area contributed by atoms with Crippen molar-refractivity contribution in [3.8, 4) is 0 Å². The molecule has 0 aliphatic carbocycles. The van der Waals surface area contributed by atoms with Gasteiger partial charge >= 0.3 is 0 Å². The highest BCUT2D eigenvalue weighted by Crippen LogP contribution is 2.17. The molecule has 0 radical (unpaired) electrons. The van der Waals surface area contributed by atoms with Crippen molar-refractivity contribution in [2.45, 2.75) is 32.1 Å². The van der Waals surface area contributed by atoms with E-state index in [1.54, 1.807) is 11.3 Å². The van der Waals surface area contributed by atoms with Gasteiger partial charge in [-0.15, -0.1) is 11.3 Å². The molecule has 3 nitrogen and oxygen atoms in total. The van der Waals surface area contributed by atoms with E-state index in [4.69, 9.17) is 5.73 Å². The molecule has 1 amide bonds. The Morgan fingerprint density at radius 2 is 2.22 bits per heavy atom. The van der Waals surface area contributed by atoms with Gasteiger partial charge < -0.3 is 11.1 Å².